The van der Waals surface area contributed by atoms with Gasteiger partial charge in [-0.2, -0.15) is 9.79 Å². The summed E-state index contributed by atoms with van der Waals surface area (Å²) >= 11 is 9.62. The van der Waals surface area contributed by atoms with Gasteiger partial charge < -0.3 is 25.3 Å². The Bertz CT molecular complexity index is 1770. The van der Waals surface area contributed by atoms with Crippen LogP contribution in [-0.4, -0.2) is 19.9 Å². The van der Waals surface area contributed by atoms with Gasteiger partial charge in [-0.3, -0.25) is 19.9 Å². The number of benzene rings is 4. The number of fused-ring (bicyclic) bond motifs is 6. The van der Waals surface area contributed by atoms with Gasteiger partial charge in [0.05, 0.1) is 22.1 Å². The molecule has 204 valence electrons. The third-order valence-electron chi connectivity index (χ3n) is 6.18. The molecule has 0 amide bonds. The Hall–Kier alpha value is -4.42. The van der Waals surface area contributed by atoms with Crippen molar-refractivity contribution in [1.82, 2.24) is 19.9 Å². The van der Waals surface area contributed by atoms with Gasteiger partial charge in [0, 0.05) is 46.3 Å². The fraction of sp³-hybridized carbons (Fsp3) is 0. The van der Waals surface area contributed by atoms with Gasteiger partial charge in [-0.05, 0) is 24.3 Å². The molecule has 7 heteroatoms. The number of aromatic nitrogens is 4. The Morgan fingerprint density at radius 2 is 0.558 bits per heavy atom. The van der Waals surface area contributed by atoms with Crippen LogP contribution in [0.3, 0.4) is 0 Å². The first-order valence-corrected chi connectivity index (χ1v) is 14.1. The third kappa shape index (κ3) is 8.79. The van der Waals surface area contributed by atoms with Gasteiger partial charge in [-0.1, -0.05) is 109 Å². The quantitative estimate of drug-likeness (QED) is 0.0936. The van der Waals surface area contributed by atoms with Crippen molar-refractivity contribution >= 4 is 68.9 Å². The van der Waals surface area contributed by atoms with Crippen molar-refractivity contribution in [2.75, 3.05) is 0 Å². The summed E-state index contributed by atoms with van der Waals surface area (Å²) in [5.74, 6) is 0. The molecule has 0 aliphatic heterocycles. The molecule has 4 aromatic heterocycles. The number of hydrogen-bond acceptors (Lipinski definition) is 6. The minimum Gasteiger partial charge on any atom is -0.780 e. The smallest absolute Gasteiger partial charge is 0.780 e. The topological polar surface area (TPSA) is 51.6 Å². The molecule has 0 spiro atoms. The van der Waals surface area contributed by atoms with E-state index in [2.05, 4.69) is 68.5 Å². The second kappa shape index (κ2) is 16.3. The maximum absolute atomic E-state index is 4.81. The van der Waals surface area contributed by atoms with Crippen LogP contribution >= 0.6 is 0 Å². The van der Waals surface area contributed by atoms with Crippen molar-refractivity contribution in [2.24, 2.45) is 0 Å². The van der Waals surface area contributed by atoms with Gasteiger partial charge in [0.15, 0.2) is 0 Å². The Balaban J connectivity index is 0.000000137. The van der Waals surface area contributed by atoms with Crippen LogP contribution in [-0.2, 0) is 44.7 Å². The summed E-state index contributed by atoms with van der Waals surface area (Å²) in [7, 11) is 0. The molecule has 0 aliphatic carbocycles. The summed E-state index contributed by atoms with van der Waals surface area (Å²) in [6, 6.07) is 43.5. The van der Waals surface area contributed by atoms with E-state index in [1.54, 1.807) is 24.8 Å². The zero-order chi connectivity index (χ0) is 29.0. The van der Waals surface area contributed by atoms with Gasteiger partial charge in [0.25, 0.3) is 0 Å². The van der Waals surface area contributed by atoms with E-state index in [1.165, 1.54) is 0 Å². The molecular weight excluding hydrogens is 618 g/mol. The van der Waals surface area contributed by atoms with Crippen LogP contribution in [0.15, 0.2) is 168 Å². The van der Waals surface area contributed by atoms with Crippen molar-refractivity contribution in [2.45, 2.75) is 9.79 Å². The second-order valence-corrected chi connectivity index (χ2v) is 10.0. The summed E-state index contributed by atoms with van der Waals surface area (Å²) in [5, 5.41) is 4.55. The number of rotatable bonds is 0. The molecule has 0 aliphatic rings. The first kappa shape index (κ1) is 31.5. The summed E-state index contributed by atoms with van der Waals surface area (Å²) in [4.78, 5) is 19.2. The van der Waals surface area contributed by atoms with Crippen molar-refractivity contribution < 1.29 is 19.5 Å². The van der Waals surface area contributed by atoms with E-state index in [1.807, 2.05) is 84.9 Å². The maximum atomic E-state index is 4.81. The molecule has 4 nitrogen and oxygen atoms in total. The first-order chi connectivity index (χ1) is 20.7. The SMILES string of the molecule is [S-]c1ccccc1.[S-]c1ccccc1.[Zn+2].c1cnc2c(c1)ccc1cccnc12.c1cnc2c(c1)ccc1cccnc12. The molecule has 0 fully saturated rings. The van der Waals surface area contributed by atoms with Crippen molar-refractivity contribution in [3.8, 4) is 0 Å². The third-order valence-corrected chi connectivity index (χ3v) is 6.72. The standard InChI is InChI=1S/2C12H8N2.2C6H6S.Zn/c2*1-3-9-5-6-10-4-2-8-14-12(10)11(9)13-7-1;2*7-6-4-2-1-3-5-6;/h2*1-8H;2*1-5,7H;/q;;;;+2/p-2. The monoisotopic (exact) mass is 642 g/mol. The van der Waals surface area contributed by atoms with Gasteiger partial charge in [0.2, 0.25) is 0 Å². The Morgan fingerprint density at radius 1 is 0.302 bits per heavy atom. The van der Waals surface area contributed by atoms with Crippen molar-refractivity contribution in [3.05, 3.63) is 158 Å². The molecule has 0 bridgehead atoms. The van der Waals surface area contributed by atoms with E-state index >= 15 is 0 Å². The van der Waals surface area contributed by atoms with Crippen molar-refractivity contribution in [3.63, 3.8) is 0 Å². The van der Waals surface area contributed by atoms with Crippen LogP contribution in [0.2, 0.25) is 0 Å². The van der Waals surface area contributed by atoms with Crippen LogP contribution in [0.25, 0.3) is 43.6 Å². The van der Waals surface area contributed by atoms with Gasteiger partial charge >= 0.3 is 19.5 Å². The molecule has 8 aromatic rings. The predicted octanol–water partition coefficient (Wildman–Crippen LogP) is 8.75. The van der Waals surface area contributed by atoms with Crippen LogP contribution < -0.4 is 0 Å². The fourth-order valence-electron chi connectivity index (χ4n) is 4.20. The summed E-state index contributed by atoms with van der Waals surface area (Å²) in [6.45, 7) is 0. The zero-order valence-corrected chi connectivity index (χ0v) is 27.9. The molecule has 0 saturated carbocycles. The summed E-state index contributed by atoms with van der Waals surface area (Å²) in [6.07, 6.45) is 7.21. The van der Waals surface area contributed by atoms with E-state index in [0.29, 0.717) is 0 Å². The van der Waals surface area contributed by atoms with Crippen LogP contribution in [0.5, 0.6) is 0 Å². The maximum Gasteiger partial charge on any atom is 2.00 e. The van der Waals surface area contributed by atoms with E-state index < -0.39 is 0 Å². The van der Waals surface area contributed by atoms with E-state index in [4.69, 9.17) is 25.3 Å². The van der Waals surface area contributed by atoms with Gasteiger partial charge in [-0.15, -0.1) is 0 Å². The molecule has 43 heavy (non-hydrogen) atoms. The molecule has 0 atom stereocenters. The molecule has 8 rings (SSSR count). The first-order valence-electron chi connectivity index (χ1n) is 13.3. The number of nitrogens with zero attached hydrogens (tertiary/aromatic N) is 4. The Kier molecular flexibility index (Phi) is 11.9. The largest absolute Gasteiger partial charge is 2.00 e. The van der Waals surface area contributed by atoms with E-state index in [9.17, 15) is 0 Å². The average Bonchev–Trinajstić information content (AvgIpc) is 3.06. The second-order valence-electron chi connectivity index (χ2n) is 9.06. The minimum atomic E-state index is 0. The summed E-state index contributed by atoms with van der Waals surface area (Å²) < 4.78 is 0. The van der Waals surface area contributed by atoms with Crippen molar-refractivity contribution in [1.29, 1.82) is 0 Å². The summed E-state index contributed by atoms with van der Waals surface area (Å²) in [5.41, 5.74) is 3.91. The zero-order valence-electron chi connectivity index (χ0n) is 23.3. The molecule has 4 heterocycles. The average molecular weight is 644 g/mol. The number of pyridine rings is 4. The normalized spacial score (nSPS) is 9.86. The molecule has 0 N–H and O–H groups in total. The molecule has 0 saturated heterocycles. The van der Waals surface area contributed by atoms with Gasteiger partial charge in [-0.25, -0.2) is 0 Å². The minimum absolute atomic E-state index is 0. The molecule has 0 radical (unpaired) electrons. The van der Waals surface area contributed by atoms with Crippen LogP contribution in [0.4, 0.5) is 0 Å². The van der Waals surface area contributed by atoms with E-state index in [-0.39, 0.29) is 19.5 Å². The fourth-order valence-corrected chi connectivity index (χ4v) is 4.51. The predicted molar refractivity (Wildman–Crippen MR) is 178 cm³/mol. The van der Waals surface area contributed by atoms with Crippen LogP contribution in [0.1, 0.15) is 0 Å². The Morgan fingerprint density at radius 3 is 0.767 bits per heavy atom. The molecular formula is C36H26N4S2Zn. The Labute approximate surface area is 274 Å². The van der Waals surface area contributed by atoms with Crippen LogP contribution in [0, 0.1) is 0 Å². The molecule has 4 aromatic carbocycles. The van der Waals surface area contributed by atoms with E-state index in [0.717, 1.165) is 53.4 Å². The molecule has 0 unspecified atom stereocenters. The van der Waals surface area contributed by atoms with Gasteiger partial charge in [0.1, 0.15) is 0 Å². The number of hydrogen-bond donors (Lipinski definition) is 0.